The zero-order valence-electron chi connectivity index (χ0n) is 11.5. The number of benzene rings is 2. The van der Waals surface area contributed by atoms with Crippen molar-refractivity contribution in [3.05, 3.63) is 77.0 Å². The maximum Gasteiger partial charge on any atom is 0.134 e. The summed E-state index contributed by atoms with van der Waals surface area (Å²) in [5.74, 6) is 0.931. The minimum atomic E-state index is 0.703. The molecule has 21 heavy (non-hydrogen) atoms. The molecule has 0 aliphatic carbocycles. The second kappa shape index (κ2) is 6.10. The molecule has 0 spiro atoms. The first-order chi connectivity index (χ1) is 10.2. The number of rotatable bonds is 4. The SMILES string of the molecule is C=C(Br)Cn1c(/C=C/c2ccccc2)nc2ccccc21. The van der Waals surface area contributed by atoms with Gasteiger partial charge in [0.2, 0.25) is 0 Å². The Bertz CT molecular complexity index is 800. The van der Waals surface area contributed by atoms with E-state index in [2.05, 4.69) is 51.4 Å². The van der Waals surface area contributed by atoms with Gasteiger partial charge in [-0.25, -0.2) is 4.98 Å². The summed E-state index contributed by atoms with van der Waals surface area (Å²) in [5.41, 5.74) is 3.28. The lowest BCUT2D eigenvalue weighted by Gasteiger charge is -2.05. The fourth-order valence-electron chi connectivity index (χ4n) is 2.29. The molecule has 0 bridgehead atoms. The first-order valence-electron chi connectivity index (χ1n) is 6.76. The van der Waals surface area contributed by atoms with Gasteiger partial charge < -0.3 is 4.57 Å². The van der Waals surface area contributed by atoms with Crippen LogP contribution in [-0.2, 0) is 6.54 Å². The third kappa shape index (κ3) is 3.14. The normalized spacial score (nSPS) is 11.3. The molecule has 3 aromatic rings. The standard InChI is InChI=1S/C18H15BrN2/c1-14(19)13-21-17-10-6-5-9-16(17)20-18(21)12-11-15-7-3-2-4-8-15/h2-12H,1,13H2/b12-11+. The highest BCUT2D eigenvalue weighted by atomic mass is 79.9. The van der Waals surface area contributed by atoms with Crippen molar-refractivity contribution in [2.75, 3.05) is 0 Å². The average molecular weight is 339 g/mol. The third-order valence-corrected chi connectivity index (χ3v) is 3.49. The summed E-state index contributed by atoms with van der Waals surface area (Å²) in [4.78, 5) is 4.70. The minimum absolute atomic E-state index is 0.703. The second-order valence-electron chi connectivity index (χ2n) is 4.81. The molecule has 3 rings (SSSR count). The maximum absolute atomic E-state index is 4.70. The summed E-state index contributed by atoms with van der Waals surface area (Å²) in [6.07, 6.45) is 4.12. The van der Waals surface area contributed by atoms with Crippen LogP contribution in [0, 0.1) is 0 Å². The van der Waals surface area contributed by atoms with Gasteiger partial charge >= 0.3 is 0 Å². The first-order valence-corrected chi connectivity index (χ1v) is 7.55. The largest absolute Gasteiger partial charge is 0.319 e. The Hall–Kier alpha value is -2.13. The molecule has 0 saturated heterocycles. The molecule has 0 amide bonds. The summed E-state index contributed by atoms with van der Waals surface area (Å²) in [7, 11) is 0. The Balaban J connectivity index is 2.04. The van der Waals surface area contributed by atoms with E-state index in [9.17, 15) is 0 Å². The molecular weight excluding hydrogens is 324 g/mol. The Morgan fingerprint density at radius 2 is 1.76 bits per heavy atom. The maximum atomic E-state index is 4.70. The predicted octanol–water partition coefficient (Wildman–Crippen LogP) is 5.12. The van der Waals surface area contributed by atoms with Gasteiger partial charge in [-0.05, 0) is 23.8 Å². The molecule has 0 radical (unpaired) electrons. The number of allylic oxidation sites excluding steroid dienone is 1. The quantitative estimate of drug-likeness (QED) is 0.645. The van der Waals surface area contributed by atoms with Crippen molar-refractivity contribution in [2.45, 2.75) is 6.54 Å². The van der Waals surface area contributed by atoms with Crippen molar-refractivity contribution in [3.8, 4) is 0 Å². The van der Waals surface area contributed by atoms with Crippen molar-refractivity contribution in [2.24, 2.45) is 0 Å². The zero-order chi connectivity index (χ0) is 14.7. The second-order valence-corrected chi connectivity index (χ2v) is 5.93. The number of imidazole rings is 1. The topological polar surface area (TPSA) is 17.8 Å². The van der Waals surface area contributed by atoms with E-state index in [1.807, 2.05) is 42.5 Å². The molecule has 0 unspecified atom stereocenters. The van der Waals surface area contributed by atoms with Crippen molar-refractivity contribution in [3.63, 3.8) is 0 Å². The van der Waals surface area contributed by atoms with Crippen LogP contribution < -0.4 is 0 Å². The number of aromatic nitrogens is 2. The van der Waals surface area contributed by atoms with Crippen LogP contribution >= 0.6 is 15.9 Å². The summed E-state index contributed by atoms with van der Waals surface area (Å²) in [5, 5.41) is 0. The lowest BCUT2D eigenvalue weighted by Crippen LogP contribution is -1.99. The van der Waals surface area contributed by atoms with Gasteiger partial charge in [0.25, 0.3) is 0 Å². The lowest BCUT2D eigenvalue weighted by atomic mass is 10.2. The van der Waals surface area contributed by atoms with Gasteiger partial charge in [-0.2, -0.15) is 0 Å². The van der Waals surface area contributed by atoms with Gasteiger partial charge in [0.05, 0.1) is 17.6 Å². The number of nitrogens with zero attached hydrogens (tertiary/aromatic N) is 2. The van der Waals surface area contributed by atoms with Crippen LogP contribution in [0.5, 0.6) is 0 Å². The first kappa shape index (κ1) is 13.8. The molecule has 0 atom stereocenters. The number of hydrogen-bond donors (Lipinski definition) is 0. The Kier molecular flexibility index (Phi) is 4.02. The monoisotopic (exact) mass is 338 g/mol. The van der Waals surface area contributed by atoms with E-state index in [0.717, 1.165) is 26.9 Å². The molecule has 104 valence electrons. The van der Waals surface area contributed by atoms with E-state index < -0.39 is 0 Å². The molecule has 3 heteroatoms. The molecule has 0 aliphatic rings. The highest BCUT2D eigenvalue weighted by Crippen LogP contribution is 2.20. The Labute approximate surface area is 132 Å². The molecule has 0 saturated carbocycles. The molecule has 1 aromatic heterocycles. The highest BCUT2D eigenvalue weighted by molar-refractivity contribution is 9.11. The van der Waals surface area contributed by atoms with Crippen LogP contribution in [0.15, 0.2) is 65.7 Å². The van der Waals surface area contributed by atoms with Crippen LogP contribution in [0.25, 0.3) is 23.2 Å². The van der Waals surface area contributed by atoms with Crippen LogP contribution in [0.1, 0.15) is 11.4 Å². The van der Waals surface area contributed by atoms with Crippen molar-refractivity contribution in [1.29, 1.82) is 0 Å². The van der Waals surface area contributed by atoms with Crippen molar-refractivity contribution < 1.29 is 0 Å². The van der Waals surface area contributed by atoms with E-state index in [0.29, 0.717) is 6.54 Å². The van der Waals surface area contributed by atoms with E-state index in [-0.39, 0.29) is 0 Å². The summed E-state index contributed by atoms with van der Waals surface area (Å²) in [6.45, 7) is 4.64. The van der Waals surface area contributed by atoms with Gasteiger partial charge in [-0.15, -0.1) is 0 Å². The number of para-hydroxylation sites is 2. The van der Waals surface area contributed by atoms with Gasteiger partial charge in [0, 0.05) is 4.48 Å². The summed E-state index contributed by atoms with van der Waals surface area (Å²) >= 11 is 3.44. The predicted molar refractivity (Wildman–Crippen MR) is 93.2 cm³/mol. The highest BCUT2D eigenvalue weighted by Gasteiger charge is 2.08. The van der Waals surface area contributed by atoms with Crippen molar-refractivity contribution >= 4 is 39.1 Å². The van der Waals surface area contributed by atoms with Gasteiger partial charge in [-0.1, -0.05) is 71.0 Å². The number of halogens is 1. The van der Waals surface area contributed by atoms with Gasteiger partial charge in [-0.3, -0.25) is 0 Å². The molecule has 2 aromatic carbocycles. The molecule has 0 N–H and O–H groups in total. The third-order valence-electron chi connectivity index (χ3n) is 3.24. The van der Waals surface area contributed by atoms with Crippen LogP contribution in [0.2, 0.25) is 0 Å². The molecule has 0 fully saturated rings. The Morgan fingerprint density at radius 1 is 1.05 bits per heavy atom. The summed E-state index contributed by atoms with van der Waals surface area (Å²) < 4.78 is 3.09. The minimum Gasteiger partial charge on any atom is -0.319 e. The summed E-state index contributed by atoms with van der Waals surface area (Å²) in [6, 6.07) is 18.4. The average Bonchev–Trinajstić information content (AvgIpc) is 2.84. The smallest absolute Gasteiger partial charge is 0.134 e. The fraction of sp³-hybridized carbons (Fsp3) is 0.0556. The van der Waals surface area contributed by atoms with E-state index in [1.54, 1.807) is 0 Å². The van der Waals surface area contributed by atoms with Crippen LogP contribution in [0.3, 0.4) is 0 Å². The number of hydrogen-bond acceptors (Lipinski definition) is 1. The molecule has 2 nitrogen and oxygen atoms in total. The van der Waals surface area contributed by atoms with Gasteiger partial charge in [0.15, 0.2) is 0 Å². The number of fused-ring (bicyclic) bond motifs is 1. The van der Waals surface area contributed by atoms with Crippen LogP contribution in [0.4, 0.5) is 0 Å². The van der Waals surface area contributed by atoms with E-state index >= 15 is 0 Å². The molecule has 0 aliphatic heterocycles. The van der Waals surface area contributed by atoms with E-state index in [1.165, 1.54) is 0 Å². The van der Waals surface area contributed by atoms with Gasteiger partial charge in [0.1, 0.15) is 5.82 Å². The van der Waals surface area contributed by atoms with Crippen molar-refractivity contribution in [1.82, 2.24) is 9.55 Å². The molecular formula is C18H15BrN2. The Morgan fingerprint density at radius 3 is 2.52 bits per heavy atom. The zero-order valence-corrected chi connectivity index (χ0v) is 13.1. The van der Waals surface area contributed by atoms with E-state index in [4.69, 9.17) is 4.98 Å². The molecule has 1 heterocycles. The lowest BCUT2D eigenvalue weighted by molar-refractivity contribution is 0.833. The van der Waals surface area contributed by atoms with Crippen LogP contribution in [-0.4, -0.2) is 9.55 Å². The fourth-order valence-corrected chi connectivity index (χ4v) is 2.54.